The minimum atomic E-state index is 0.613. The number of fused-ring (bicyclic) bond motifs is 7. The van der Waals surface area contributed by atoms with E-state index in [0.29, 0.717) is 17.5 Å². The summed E-state index contributed by atoms with van der Waals surface area (Å²) in [6.45, 7) is 0. The van der Waals surface area contributed by atoms with E-state index in [1.54, 1.807) is 11.3 Å². The Labute approximate surface area is 279 Å². The lowest BCUT2D eigenvalue weighted by atomic mass is 9.97. The number of furan rings is 1. The smallest absolute Gasteiger partial charge is 0.164 e. The predicted octanol–water partition coefficient (Wildman–Crippen LogP) is 12.0. The van der Waals surface area contributed by atoms with Crippen molar-refractivity contribution < 1.29 is 4.42 Å². The first-order chi connectivity index (χ1) is 23.8. The van der Waals surface area contributed by atoms with Crippen LogP contribution in [0.3, 0.4) is 0 Å². The molecule has 7 aromatic carbocycles. The fourth-order valence-corrected chi connectivity index (χ4v) is 8.08. The van der Waals surface area contributed by atoms with Crippen molar-refractivity contribution in [1.29, 1.82) is 0 Å². The van der Waals surface area contributed by atoms with E-state index in [1.807, 2.05) is 30.3 Å². The minimum absolute atomic E-state index is 0.613. The summed E-state index contributed by atoms with van der Waals surface area (Å²) in [4.78, 5) is 15.5. The first-order valence-electron chi connectivity index (χ1n) is 15.9. The molecule has 0 aliphatic carbocycles. The normalized spacial score (nSPS) is 11.8. The van der Waals surface area contributed by atoms with Crippen LogP contribution in [-0.4, -0.2) is 15.0 Å². The second-order valence-electron chi connectivity index (χ2n) is 12.0. The van der Waals surface area contributed by atoms with Gasteiger partial charge in [-0.2, -0.15) is 0 Å². The topological polar surface area (TPSA) is 51.8 Å². The van der Waals surface area contributed by atoms with Gasteiger partial charge in [-0.15, -0.1) is 11.3 Å². The Balaban J connectivity index is 1.20. The van der Waals surface area contributed by atoms with Crippen molar-refractivity contribution in [3.63, 3.8) is 0 Å². The maximum absolute atomic E-state index is 6.26. The van der Waals surface area contributed by atoms with Crippen molar-refractivity contribution in [3.05, 3.63) is 152 Å². The van der Waals surface area contributed by atoms with Gasteiger partial charge in [0.15, 0.2) is 17.5 Å². The van der Waals surface area contributed by atoms with Crippen molar-refractivity contribution in [1.82, 2.24) is 15.0 Å². The quantitative estimate of drug-likeness (QED) is 0.194. The minimum Gasteiger partial charge on any atom is -0.456 e. The average molecular weight is 632 g/mol. The van der Waals surface area contributed by atoms with Crippen LogP contribution in [0.15, 0.2) is 156 Å². The zero-order valence-corrected chi connectivity index (χ0v) is 26.4. The molecule has 0 bridgehead atoms. The Morgan fingerprint density at radius 1 is 0.375 bits per heavy atom. The van der Waals surface area contributed by atoms with E-state index < -0.39 is 0 Å². The molecule has 10 rings (SSSR count). The van der Waals surface area contributed by atoms with Crippen LogP contribution in [0.5, 0.6) is 0 Å². The standard InChI is InChI=1S/C43H25N3OS/c1-2-12-29-26(10-1)11-7-15-30(29)27-22-24-28(25-23-27)41-44-42(33-16-8-19-36-39(33)31-13-3-5-18-35(31)47-36)46-43(45-41)34-17-9-21-38-40(34)32-14-4-6-20-37(32)48-38/h1-25H. The molecule has 0 fully saturated rings. The highest BCUT2D eigenvalue weighted by Gasteiger charge is 2.20. The lowest BCUT2D eigenvalue weighted by molar-refractivity contribution is 0.669. The SMILES string of the molecule is c1ccc2c(-c3ccc(-c4nc(-c5cccc6oc7ccccc7c56)nc(-c5cccc6sc7ccccc7c56)n4)cc3)cccc2c1. The van der Waals surface area contributed by atoms with Gasteiger partial charge in [-0.3, -0.25) is 0 Å². The first-order valence-corrected chi connectivity index (χ1v) is 16.8. The Morgan fingerprint density at radius 3 is 1.79 bits per heavy atom. The van der Waals surface area contributed by atoms with Crippen molar-refractivity contribution in [2.24, 2.45) is 0 Å². The van der Waals surface area contributed by atoms with Crippen LogP contribution in [0.25, 0.3) is 98.2 Å². The summed E-state index contributed by atoms with van der Waals surface area (Å²) < 4.78 is 8.71. The highest BCUT2D eigenvalue weighted by Crippen LogP contribution is 2.41. The van der Waals surface area contributed by atoms with Gasteiger partial charge in [-0.25, -0.2) is 15.0 Å². The van der Waals surface area contributed by atoms with Crippen molar-refractivity contribution in [2.45, 2.75) is 0 Å². The Bertz CT molecular complexity index is 2710. The van der Waals surface area contributed by atoms with Gasteiger partial charge in [0.2, 0.25) is 0 Å². The molecule has 0 aliphatic rings. The number of nitrogens with zero attached hydrogens (tertiary/aromatic N) is 3. The Morgan fingerprint density at radius 2 is 0.938 bits per heavy atom. The Kier molecular flexibility index (Phi) is 6.01. The highest BCUT2D eigenvalue weighted by molar-refractivity contribution is 7.25. The van der Waals surface area contributed by atoms with Gasteiger partial charge in [-0.05, 0) is 46.2 Å². The third kappa shape index (κ3) is 4.25. The molecule has 0 amide bonds. The summed E-state index contributed by atoms with van der Waals surface area (Å²) in [5.41, 5.74) is 6.83. The van der Waals surface area contributed by atoms with Gasteiger partial charge in [-0.1, -0.05) is 127 Å². The number of thiophene rings is 1. The molecule has 0 radical (unpaired) electrons. The molecule has 3 heterocycles. The van der Waals surface area contributed by atoms with Gasteiger partial charge < -0.3 is 4.42 Å². The van der Waals surface area contributed by atoms with Gasteiger partial charge in [0, 0.05) is 47.6 Å². The van der Waals surface area contributed by atoms with E-state index in [9.17, 15) is 0 Å². The van der Waals surface area contributed by atoms with Crippen molar-refractivity contribution in [3.8, 4) is 45.3 Å². The summed E-state index contributed by atoms with van der Waals surface area (Å²) >= 11 is 1.79. The molecule has 0 aliphatic heterocycles. The van der Waals surface area contributed by atoms with Crippen LogP contribution in [0, 0.1) is 0 Å². The molecule has 0 unspecified atom stereocenters. The van der Waals surface area contributed by atoms with Crippen molar-refractivity contribution in [2.75, 3.05) is 0 Å². The molecule has 4 nitrogen and oxygen atoms in total. The van der Waals surface area contributed by atoms with Crippen LogP contribution in [-0.2, 0) is 0 Å². The van der Waals surface area contributed by atoms with Crippen LogP contribution >= 0.6 is 11.3 Å². The average Bonchev–Trinajstić information content (AvgIpc) is 3.73. The monoisotopic (exact) mass is 631 g/mol. The van der Waals surface area contributed by atoms with E-state index in [4.69, 9.17) is 19.4 Å². The number of aromatic nitrogens is 3. The predicted molar refractivity (Wildman–Crippen MR) is 199 cm³/mol. The fraction of sp³-hybridized carbons (Fsp3) is 0. The van der Waals surface area contributed by atoms with Crippen LogP contribution in [0.2, 0.25) is 0 Å². The highest BCUT2D eigenvalue weighted by atomic mass is 32.1. The zero-order chi connectivity index (χ0) is 31.6. The van der Waals surface area contributed by atoms with Gasteiger partial charge in [0.25, 0.3) is 0 Å². The Hall–Kier alpha value is -6.17. The largest absolute Gasteiger partial charge is 0.456 e. The molecule has 0 N–H and O–H groups in total. The lowest BCUT2D eigenvalue weighted by Crippen LogP contribution is -2.00. The van der Waals surface area contributed by atoms with Gasteiger partial charge >= 0.3 is 0 Å². The van der Waals surface area contributed by atoms with Crippen LogP contribution in [0.4, 0.5) is 0 Å². The molecule has 10 aromatic rings. The molecule has 0 spiro atoms. The number of hydrogen-bond acceptors (Lipinski definition) is 5. The number of para-hydroxylation sites is 1. The van der Waals surface area contributed by atoms with E-state index >= 15 is 0 Å². The molecule has 0 saturated carbocycles. The molecule has 0 saturated heterocycles. The van der Waals surface area contributed by atoms with Crippen LogP contribution < -0.4 is 0 Å². The number of hydrogen-bond donors (Lipinski definition) is 0. The van der Waals surface area contributed by atoms with Crippen LogP contribution in [0.1, 0.15) is 0 Å². The van der Waals surface area contributed by atoms with E-state index in [2.05, 4.69) is 121 Å². The molecule has 3 aromatic heterocycles. The van der Waals surface area contributed by atoms with Gasteiger partial charge in [0.1, 0.15) is 11.2 Å². The van der Waals surface area contributed by atoms with Crippen molar-refractivity contribution >= 4 is 64.2 Å². The summed E-state index contributed by atoms with van der Waals surface area (Å²) in [6, 6.07) is 52.7. The van der Waals surface area contributed by atoms with Gasteiger partial charge in [0.05, 0.1) is 0 Å². The van der Waals surface area contributed by atoms with E-state index in [-0.39, 0.29) is 0 Å². The third-order valence-corrected chi connectivity index (χ3v) is 10.3. The second-order valence-corrected chi connectivity index (χ2v) is 13.0. The molecular weight excluding hydrogens is 607 g/mol. The second kappa shape index (κ2) is 10.7. The van der Waals surface area contributed by atoms with E-state index in [1.165, 1.54) is 36.5 Å². The molecular formula is C43H25N3OS. The summed E-state index contributed by atoms with van der Waals surface area (Å²) in [6.07, 6.45) is 0. The molecule has 48 heavy (non-hydrogen) atoms. The zero-order valence-electron chi connectivity index (χ0n) is 25.6. The van der Waals surface area contributed by atoms with E-state index in [0.717, 1.165) is 44.2 Å². The maximum atomic E-state index is 6.26. The number of rotatable bonds is 4. The first kappa shape index (κ1) is 27.0. The summed E-state index contributed by atoms with van der Waals surface area (Å²) in [5, 5.41) is 6.87. The molecule has 5 heteroatoms. The lowest BCUT2D eigenvalue weighted by Gasteiger charge is -2.11. The third-order valence-electron chi connectivity index (χ3n) is 9.17. The summed E-state index contributed by atoms with van der Waals surface area (Å²) in [5.74, 6) is 1.88. The molecule has 0 atom stereocenters. The maximum Gasteiger partial charge on any atom is 0.164 e. The fourth-order valence-electron chi connectivity index (χ4n) is 6.94. The molecule has 224 valence electrons. The summed E-state index contributed by atoms with van der Waals surface area (Å²) in [7, 11) is 0. The number of benzene rings is 7.